The number of nitrogens with zero attached hydrogens (tertiary/aromatic N) is 2. The van der Waals surface area contributed by atoms with Gasteiger partial charge in [0, 0.05) is 24.0 Å². The molecule has 1 aliphatic carbocycles. The quantitative estimate of drug-likeness (QED) is 0.809. The molecule has 1 aromatic rings. The molecular formula is C11H18N4OS. The lowest BCUT2D eigenvalue weighted by Crippen LogP contribution is -2.32. The molecule has 0 unspecified atom stereocenters. The third-order valence-corrected chi connectivity index (χ3v) is 3.18. The number of anilines is 1. The number of amides is 1. The fourth-order valence-corrected chi connectivity index (χ4v) is 1.99. The first-order chi connectivity index (χ1) is 8.15. The summed E-state index contributed by atoms with van der Waals surface area (Å²) in [5, 5.41) is 6.60. The highest BCUT2D eigenvalue weighted by atomic mass is 32.1. The molecule has 1 aliphatic rings. The number of carbonyl (C=O) groups is 1. The summed E-state index contributed by atoms with van der Waals surface area (Å²) < 4.78 is 4.27. The summed E-state index contributed by atoms with van der Waals surface area (Å²) in [4.78, 5) is 15.8. The van der Waals surface area contributed by atoms with Crippen molar-refractivity contribution in [3.8, 4) is 0 Å². The summed E-state index contributed by atoms with van der Waals surface area (Å²) in [6.45, 7) is 5.12. The van der Waals surface area contributed by atoms with E-state index in [1.54, 1.807) is 0 Å². The SMILES string of the molecule is CC(C)CNC(=O)CNc1nc(C2CC2)ns1. The molecule has 1 saturated carbocycles. The van der Waals surface area contributed by atoms with Crippen LogP contribution in [-0.2, 0) is 4.79 Å². The molecule has 0 bridgehead atoms. The minimum absolute atomic E-state index is 0.00173. The van der Waals surface area contributed by atoms with Gasteiger partial charge in [-0.15, -0.1) is 0 Å². The van der Waals surface area contributed by atoms with Crippen LogP contribution in [0, 0.1) is 5.92 Å². The molecule has 5 nitrogen and oxygen atoms in total. The summed E-state index contributed by atoms with van der Waals surface area (Å²) >= 11 is 1.33. The fraction of sp³-hybridized carbons (Fsp3) is 0.727. The molecule has 2 N–H and O–H groups in total. The normalized spacial score (nSPS) is 15.0. The Kier molecular flexibility index (Phi) is 3.93. The van der Waals surface area contributed by atoms with Gasteiger partial charge in [-0.3, -0.25) is 4.79 Å². The van der Waals surface area contributed by atoms with Crippen LogP contribution < -0.4 is 10.6 Å². The van der Waals surface area contributed by atoms with E-state index in [9.17, 15) is 4.79 Å². The Morgan fingerprint density at radius 1 is 1.53 bits per heavy atom. The van der Waals surface area contributed by atoms with E-state index in [4.69, 9.17) is 0 Å². The molecule has 2 rings (SSSR count). The zero-order valence-corrected chi connectivity index (χ0v) is 11.0. The van der Waals surface area contributed by atoms with Crippen LogP contribution in [0.2, 0.25) is 0 Å². The molecule has 1 aromatic heterocycles. The maximum atomic E-state index is 11.5. The van der Waals surface area contributed by atoms with E-state index in [-0.39, 0.29) is 12.5 Å². The average molecular weight is 254 g/mol. The molecule has 0 saturated heterocycles. The average Bonchev–Trinajstić information content (AvgIpc) is 3.04. The van der Waals surface area contributed by atoms with Gasteiger partial charge in [0.2, 0.25) is 11.0 Å². The first-order valence-electron chi connectivity index (χ1n) is 5.99. The van der Waals surface area contributed by atoms with Gasteiger partial charge in [0.05, 0.1) is 6.54 Å². The van der Waals surface area contributed by atoms with Crippen LogP contribution in [0.3, 0.4) is 0 Å². The van der Waals surface area contributed by atoms with Crippen LogP contribution in [0.4, 0.5) is 5.13 Å². The van der Waals surface area contributed by atoms with Crippen molar-refractivity contribution >= 4 is 22.6 Å². The van der Waals surface area contributed by atoms with Gasteiger partial charge in [-0.2, -0.15) is 4.37 Å². The third-order valence-electron chi connectivity index (χ3n) is 2.49. The number of carbonyl (C=O) groups excluding carboxylic acids is 1. The van der Waals surface area contributed by atoms with E-state index in [1.807, 2.05) is 0 Å². The van der Waals surface area contributed by atoms with E-state index in [0.29, 0.717) is 18.4 Å². The van der Waals surface area contributed by atoms with Gasteiger partial charge in [-0.25, -0.2) is 4.98 Å². The highest BCUT2D eigenvalue weighted by Gasteiger charge is 2.27. The lowest BCUT2D eigenvalue weighted by molar-refractivity contribution is -0.119. The van der Waals surface area contributed by atoms with Gasteiger partial charge >= 0.3 is 0 Å². The minimum atomic E-state index is 0.00173. The maximum absolute atomic E-state index is 11.5. The Morgan fingerprint density at radius 2 is 2.29 bits per heavy atom. The van der Waals surface area contributed by atoms with E-state index in [2.05, 4.69) is 33.8 Å². The second-order valence-electron chi connectivity index (χ2n) is 4.78. The van der Waals surface area contributed by atoms with Crippen molar-refractivity contribution in [2.24, 2.45) is 5.92 Å². The highest BCUT2D eigenvalue weighted by molar-refractivity contribution is 7.09. The number of aromatic nitrogens is 2. The topological polar surface area (TPSA) is 66.9 Å². The highest BCUT2D eigenvalue weighted by Crippen LogP contribution is 2.39. The molecule has 17 heavy (non-hydrogen) atoms. The number of hydrogen-bond acceptors (Lipinski definition) is 5. The van der Waals surface area contributed by atoms with E-state index in [1.165, 1.54) is 24.4 Å². The van der Waals surface area contributed by atoms with Crippen molar-refractivity contribution in [3.05, 3.63) is 5.82 Å². The smallest absolute Gasteiger partial charge is 0.239 e. The molecule has 94 valence electrons. The molecule has 0 spiro atoms. The monoisotopic (exact) mass is 254 g/mol. The molecule has 1 heterocycles. The Morgan fingerprint density at radius 3 is 2.94 bits per heavy atom. The van der Waals surface area contributed by atoms with E-state index >= 15 is 0 Å². The Bertz CT molecular complexity index is 387. The standard InChI is InChI=1S/C11H18N4OS/c1-7(2)5-12-9(16)6-13-11-14-10(15-17-11)8-3-4-8/h7-8H,3-6H2,1-2H3,(H,12,16)(H,13,14,15). The third kappa shape index (κ3) is 3.96. The summed E-state index contributed by atoms with van der Waals surface area (Å²) in [6.07, 6.45) is 2.40. The van der Waals surface area contributed by atoms with Crippen molar-refractivity contribution in [3.63, 3.8) is 0 Å². The van der Waals surface area contributed by atoms with Crippen molar-refractivity contribution in [1.82, 2.24) is 14.7 Å². The van der Waals surface area contributed by atoms with Gasteiger partial charge in [0.1, 0.15) is 5.82 Å². The van der Waals surface area contributed by atoms with Crippen LogP contribution in [0.5, 0.6) is 0 Å². The first-order valence-corrected chi connectivity index (χ1v) is 6.76. The molecule has 1 fully saturated rings. The van der Waals surface area contributed by atoms with Crippen LogP contribution in [0.25, 0.3) is 0 Å². The second-order valence-corrected chi connectivity index (χ2v) is 5.54. The lowest BCUT2D eigenvalue weighted by atomic mass is 10.2. The number of hydrogen-bond donors (Lipinski definition) is 2. The lowest BCUT2D eigenvalue weighted by Gasteiger charge is -2.07. The number of nitrogens with one attached hydrogen (secondary N) is 2. The van der Waals surface area contributed by atoms with Crippen LogP contribution in [0.15, 0.2) is 0 Å². The minimum Gasteiger partial charge on any atom is -0.354 e. The van der Waals surface area contributed by atoms with Crippen LogP contribution in [0.1, 0.15) is 38.4 Å². The van der Waals surface area contributed by atoms with E-state index in [0.717, 1.165) is 11.0 Å². The molecule has 6 heteroatoms. The van der Waals surface area contributed by atoms with Crippen molar-refractivity contribution in [2.45, 2.75) is 32.6 Å². The summed E-state index contributed by atoms with van der Waals surface area (Å²) in [7, 11) is 0. The van der Waals surface area contributed by atoms with Crippen molar-refractivity contribution in [1.29, 1.82) is 0 Å². The molecule has 0 aliphatic heterocycles. The summed E-state index contributed by atoms with van der Waals surface area (Å²) in [5.74, 6) is 1.97. The molecular weight excluding hydrogens is 236 g/mol. The molecule has 1 amide bonds. The van der Waals surface area contributed by atoms with Crippen molar-refractivity contribution in [2.75, 3.05) is 18.4 Å². The maximum Gasteiger partial charge on any atom is 0.239 e. The Labute approximate surface area is 105 Å². The van der Waals surface area contributed by atoms with Gasteiger partial charge in [0.15, 0.2) is 0 Å². The zero-order chi connectivity index (χ0) is 12.3. The molecule has 0 radical (unpaired) electrons. The van der Waals surface area contributed by atoms with Gasteiger partial charge < -0.3 is 10.6 Å². The predicted molar refractivity (Wildman–Crippen MR) is 68.2 cm³/mol. The summed E-state index contributed by atoms with van der Waals surface area (Å²) in [6, 6.07) is 0. The first kappa shape index (κ1) is 12.3. The molecule has 0 aromatic carbocycles. The summed E-state index contributed by atoms with van der Waals surface area (Å²) in [5.41, 5.74) is 0. The van der Waals surface area contributed by atoms with Gasteiger partial charge in [0.25, 0.3) is 0 Å². The molecule has 0 atom stereocenters. The Balaban J connectivity index is 1.71. The number of rotatable bonds is 6. The second kappa shape index (κ2) is 5.44. The predicted octanol–water partition coefficient (Wildman–Crippen LogP) is 1.60. The van der Waals surface area contributed by atoms with E-state index < -0.39 is 0 Å². The van der Waals surface area contributed by atoms with Crippen LogP contribution in [-0.4, -0.2) is 28.4 Å². The van der Waals surface area contributed by atoms with Gasteiger partial charge in [-0.05, 0) is 18.8 Å². The van der Waals surface area contributed by atoms with Crippen molar-refractivity contribution < 1.29 is 4.79 Å². The largest absolute Gasteiger partial charge is 0.354 e. The van der Waals surface area contributed by atoms with Gasteiger partial charge in [-0.1, -0.05) is 13.8 Å². The zero-order valence-electron chi connectivity index (χ0n) is 10.2. The van der Waals surface area contributed by atoms with Crippen LogP contribution >= 0.6 is 11.5 Å². The fourth-order valence-electron chi connectivity index (χ4n) is 1.35. The Hall–Kier alpha value is -1.17.